The van der Waals surface area contributed by atoms with Gasteiger partial charge in [0.15, 0.2) is 17.7 Å². The van der Waals surface area contributed by atoms with E-state index in [9.17, 15) is 13.9 Å². The molecule has 1 aromatic heterocycles. The molecule has 6 heteroatoms. The number of hydrogen-bond acceptors (Lipinski definition) is 3. The van der Waals surface area contributed by atoms with Crippen LogP contribution in [0.5, 0.6) is 5.75 Å². The monoisotopic (exact) mass is 253 g/mol. The summed E-state index contributed by atoms with van der Waals surface area (Å²) in [5, 5.41) is 17.1. The number of phenols is 1. The van der Waals surface area contributed by atoms with Crippen LogP contribution in [0.4, 0.5) is 14.6 Å². The van der Waals surface area contributed by atoms with Gasteiger partial charge < -0.3 is 10.0 Å². The molecular formula is C12H13F2N3O. The molecule has 0 amide bonds. The molecule has 1 saturated heterocycles. The van der Waals surface area contributed by atoms with Crippen LogP contribution >= 0.6 is 0 Å². The molecule has 0 spiro atoms. The van der Waals surface area contributed by atoms with Crippen molar-refractivity contribution in [3.8, 4) is 5.75 Å². The normalized spacial score (nSPS) is 28.2. The number of nitrogens with zero attached hydrogens (tertiary/aromatic N) is 2. The average Bonchev–Trinajstić information content (AvgIpc) is 2.82. The van der Waals surface area contributed by atoms with Crippen LogP contribution in [0.1, 0.15) is 6.92 Å². The number of hydrogen-bond donors (Lipinski definition) is 2. The number of aromatic hydroxyl groups is 1. The highest BCUT2D eigenvalue weighted by Crippen LogP contribution is 2.37. The number of fused-ring (bicyclic) bond motifs is 1. The Kier molecular flexibility index (Phi) is 2.23. The highest BCUT2D eigenvalue weighted by molar-refractivity contribution is 5.95. The second-order valence-corrected chi connectivity index (χ2v) is 4.87. The molecule has 2 aromatic rings. The van der Waals surface area contributed by atoms with E-state index in [1.54, 1.807) is 12.1 Å². The van der Waals surface area contributed by atoms with Gasteiger partial charge in [0.2, 0.25) is 0 Å². The maximum absolute atomic E-state index is 13.8. The number of nitrogens with one attached hydrogen (secondary N) is 1. The van der Waals surface area contributed by atoms with Crippen molar-refractivity contribution in [3.63, 3.8) is 0 Å². The summed E-state index contributed by atoms with van der Waals surface area (Å²) in [7, 11) is 0. The first-order chi connectivity index (χ1) is 8.49. The second-order valence-electron chi connectivity index (χ2n) is 4.87. The van der Waals surface area contributed by atoms with E-state index < -0.39 is 11.8 Å². The lowest BCUT2D eigenvalue weighted by Crippen LogP contribution is -2.30. The summed E-state index contributed by atoms with van der Waals surface area (Å²) in [6.07, 6.45) is -1.55. The van der Waals surface area contributed by atoms with Gasteiger partial charge in [0.05, 0.1) is 24.0 Å². The van der Waals surface area contributed by atoms with E-state index in [4.69, 9.17) is 0 Å². The Labute approximate surface area is 102 Å². The molecule has 1 aromatic carbocycles. The Morgan fingerprint density at radius 2 is 2.33 bits per heavy atom. The highest BCUT2D eigenvalue weighted by Gasteiger charge is 2.45. The number of halogens is 2. The third-order valence-electron chi connectivity index (χ3n) is 3.38. The van der Waals surface area contributed by atoms with E-state index in [0.29, 0.717) is 16.7 Å². The Morgan fingerprint density at radius 3 is 3.00 bits per heavy atom. The largest absolute Gasteiger partial charge is 0.507 e. The van der Waals surface area contributed by atoms with Crippen LogP contribution in [0, 0.1) is 0 Å². The number of anilines is 1. The number of benzene rings is 1. The predicted octanol–water partition coefficient (Wildman–Crippen LogP) is 2.15. The van der Waals surface area contributed by atoms with Gasteiger partial charge in [0.1, 0.15) is 5.75 Å². The van der Waals surface area contributed by atoms with Crippen molar-refractivity contribution in [1.82, 2.24) is 10.2 Å². The lowest BCUT2D eigenvalue weighted by Gasteiger charge is -2.16. The minimum Gasteiger partial charge on any atom is -0.507 e. The van der Waals surface area contributed by atoms with Crippen LogP contribution < -0.4 is 4.90 Å². The summed E-state index contributed by atoms with van der Waals surface area (Å²) < 4.78 is 27.4. The van der Waals surface area contributed by atoms with Crippen molar-refractivity contribution < 1.29 is 13.9 Å². The average molecular weight is 253 g/mol. The molecule has 1 fully saturated rings. The van der Waals surface area contributed by atoms with Crippen molar-refractivity contribution in [2.45, 2.75) is 18.8 Å². The molecule has 1 aliphatic heterocycles. The van der Waals surface area contributed by atoms with Gasteiger partial charge in [-0.3, -0.25) is 5.10 Å². The third kappa shape index (κ3) is 1.52. The lowest BCUT2D eigenvalue weighted by molar-refractivity contribution is 0.115. The number of aromatic nitrogens is 2. The summed E-state index contributed by atoms with van der Waals surface area (Å²) in [5.74, 6) is 0.450. The van der Waals surface area contributed by atoms with Crippen LogP contribution in [0.2, 0.25) is 0 Å². The molecule has 0 aliphatic carbocycles. The molecule has 18 heavy (non-hydrogen) atoms. The number of aromatic amines is 1. The van der Waals surface area contributed by atoms with Crippen LogP contribution in [0.25, 0.3) is 10.9 Å². The molecule has 4 nitrogen and oxygen atoms in total. The first kappa shape index (κ1) is 11.3. The van der Waals surface area contributed by atoms with Crippen molar-refractivity contribution in [2.24, 2.45) is 0 Å². The Bertz CT molecular complexity index is 596. The second kappa shape index (κ2) is 3.57. The van der Waals surface area contributed by atoms with Crippen molar-refractivity contribution >= 4 is 16.7 Å². The summed E-state index contributed by atoms with van der Waals surface area (Å²) in [5.41, 5.74) is -1.23. The maximum atomic E-state index is 13.8. The van der Waals surface area contributed by atoms with Gasteiger partial charge in [-0.15, -0.1) is 0 Å². The van der Waals surface area contributed by atoms with Crippen molar-refractivity contribution in [1.29, 1.82) is 0 Å². The summed E-state index contributed by atoms with van der Waals surface area (Å²) >= 11 is 0. The minimum absolute atomic E-state index is 0.0543. The predicted molar refractivity (Wildman–Crippen MR) is 64.4 cm³/mol. The fraction of sp³-hybridized carbons (Fsp3) is 0.417. The maximum Gasteiger partial charge on any atom is 0.162 e. The van der Waals surface area contributed by atoms with E-state index >= 15 is 0 Å². The number of rotatable bonds is 1. The zero-order chi connectivity index (χ0) is 12.9. The lowest BCUT2D eigenvalue weighted by atomic mass is 10.1. The molecule has 2 unspecified atom stereocenters. The van der Waals surface area contributed by atoms with Crippen LogP contribution in [0.3, 0.4) is 0 Å². The fourth-order valence-corrected chi connectivity index (χ4v) is 2.35. The smallest absolute Gasteiger partial charge is 0.162 e. The van der Waals surface area contributed by atoms with Gasteiger partial charge in [-0.2, -0.15) is 5.10 Å². The Balaban J connectivity index is 2.06. The number of phenolic OH excluding ortho intramolecular Hbond substituents is 1. The van der Waals surface area contributed by atoms with Gasteiger partial charge in [-0.1, -0.05) is 6.07 Å². The molecule has 3 rings (SSSR count). The molecule has 0 bridgehead atoms. The zero-order valence-corrected chi connectivity index (χ0v) is 9.82. The summed E-state index contributed by atoms with van der Waals surface area (Å²) in [6, 6.07) is 4.96. The van der Waals surface area contributed by atoms with Crippen LogP contribution in [-0.4, -0.2) is 40.2 Å². The first-order valence-electron chi connectivity index (χ1n) is 5.73. The Morgan fingerprint density at radius 1 is 1.56 bits per heavy atom. The highest BCUT2D eigenvalue weighted by atomic mass is 19.2. The topological polar surface area (TPSA) is 52.2 Å². The number of H-pyrrole nitrogens is 1. The van der Waals surface area contributed by atoms with Gasteiger partial charge in [0, 0.05) is 0 Å². The van der Waals surface area contributed by atoms with Crippen LogP contribution in [-0.2, 0) is 0 Å². The summed E-state index contributed by atoms with van der Waals surface area (Å²) in [4.78, 5) is 1.52. The van der Waals surface area contributed by atoms with Crippen LogP contribution in [0.15, 0.2) is 18.2 Å². The molecule has 2 atom stereocenters. The molecule has 96 valence electrons. The molecule has 2 N–H and O–H groups in total. The molecule has 2 heterocycles. The van der Waals surface area contributed by atoms with E-state index in [0.717, 1.165) is 0 Å². The Hall–Kier alpha value is -1.85. The zero-order valence-electron chi connectivity index (χ0n) is 9.82. The molecule has 0 radical (unpaired) electrons. The van der Waals surface area contributed by atoms with Crippen molar-refractivity contribution in [2.75, 3.05) is 18.0 Å². The van der Waals surface area contributed by atoms with E-state index in [1.807, 2.05) is 0 Å². The SMILES string of the molecule is CC1(F)CN(c2n[nH]c3cccc(O)c23)CC1F. The van der Waals surface area contributed by atoms with Crippen molar-refractivity contribution in [3.05, 3.63) is 18.2 Å². The summed E-state index contributed by atoms with van der Waals surface area (Å²) in [6.45, 7) is 1.12. The van der Waals surface area contributed by atoms with Gasteiger partial charge in [-0.25, -0.2) is 8.78 Å². The standard InChI is InChI=1S/C12H13F2N3O/c1-12(14)6-17(5-9(12)13)11-10-7(15-16-11)3-2-4-8(10)18/h2-4,9,18H,5-6H2,1H3,(H,15,16). The van der Waals surface area contributed by atoms with Gasteiger partial charge in [0.25, 0.3) is 0 Å². The number of alkyl halides is 2. The molecule has 1 aliphatic rings. The third-order valence-corrected chi connectivity index (χ3v) is 3.38. The van der Waals surface area contributed by atoms with Gasteiger partial charge in [-0.05, 0) is 19.1 Å². The van der Waals surface area contributed by atoms with Gasteiger partial charge >= 0.3 is 0 Å². The van der Waals surface area contributed by atoms with E-state index in [1.165, 1.54) is 17.9 Å². The first-order valence-corrected chi connectivity index (χ1v) is 5.73. The minimum atomic E-state index is -1.88. The van der Waals surface area contributed by atoms with E-state index in [-0.39, 0.29) is 18.8 Å². The van der Waals surface area contributed by atoms with E-state index in [2.05, 4.69) is 10.2 Å². The molecular weight excluding hydrogens is 240 g/mol. The fourth-order valence-electron chi connectivity index (χ4n) is 2.35. The molecule has 0 saturated carbocycles. The quantitative estimate of drug-likeness (QED) is 0.818.